The van der Waals surface area contributed by atoms with E-state index in [-0.39, 0.29) is 24.8 Å². The molecule has 0 aliphatic carbocycles. The topological polar surface area (TPSA) is 145 Å². The van der Waals surface area contributed by atoms with Crippen molar-refractivity contribution in [3.63, 3.8) is 0 Å². The van der Waals surface area contributed by atoms with Gasteiger partial charge in [0.2, 0.25) is 5.95 Å². The Morgan fingerprint density at radius 1 is 1.41 bits per heavy atom. The van der Waals surface area contributed by atoms with Gasteiger partial charge in [-0.2, -0.15) is 15.1 Å². The molecule has 1 fully saturated rings. The van der Waals surface area contributed by atoms with E-state index < -0.39 is 18.4 Å². The van der Waals surface area contributed by atoms with Crippen molar-refractivity contribution >= 4 is 22.8 Å². The minimum atomic E-state index is -0.786. The highest BCUT2D eigenvalue weighted by Gasteiger charge is 2.36. The monoisotopic (exact) mass is 304 g/mol. The van der Waals surface area contributed by atoms with Gasteiger partial charge in [-0.3, -0.25) is 0 Å². The molecule has 2 aromatic rings. The van der Waals surface area contributed by atoms with Crippen molar-refractivity contribution in [1.29, 1.82) is 0 Å². The molecule has 0 saturated carbocycles. The van der Waals surface area contributed by atoms with Crippen LogP contribution in [0.25, 0.3) is 11.0 Å². The lowest BCUT2D eigenvalue weighted by molar-refractivity contribution is -0.0470. The molecule has 3 rings (SSSR count). The first-order valence-electron chi connectivity index (χ1n) is 6.73. The van der Waals surface area contributed by atoms with Crippen molar-refractivity contribution in [1.82, 2.24) is 19.7 Å². The first-order valence-corrected chi connectivity index (χ1v) is 6.73. The first-order chi connectivity index (χ1) is 10.5. The molecule has 9 nitrogen and oxygen atoms in total. The van der Waals surface area contributed by atoms with Gasteiger partial charge in [0, 0.05) is 6.42 Å². The van der Waals surface area contributed by atoms with Crippen LogP contribution in [0.2, 0.25) is 0 Å². The van der Waals surface area contributed by atoms with E-state index in [4.69, 9.17) is 16.2 Å². The molecule has 2 aromatic heterocycles. The highest BCUT2D eigenvalue weighted by molar-refractivity contribution is 5.91. The van der Waals surface area contributed by atoms with Gasteiger partial charge in [0.15, 0.2) is 11.9 Å². The summed E-state index contributed by atoms with van der Waals surface area (Å²) < 4.78 is 7.07. The fraction of sp³-hybridized carbons (Fsp3) is 0.462. The molecule has 9 heteroatoms. The fourth-order valence-electron chi connectivity index (χ4n) is 2.52. The van der Waals surface area contributed by atoms with Crippen molar-refractivity contribution in [3.8, 4) is 11.8 Å². The summed E-state index contributed by atoms with van der Waals surface area (Å²) in [4.78, 5) is 8.08. The van der Waals surface area contributed by atoms with Gasteiger partial charge in [0.25, 0.3) is 0 Å². The molecule has 0 aromatic carbocycles. The zero-order valence-electron chi connectivity index (χ0n) is 11.9. The lowest BCUT2D eigenvalue weighted by Gasteiger charge is -2.12. The van der Waals surface area contributed by atoms with Crippen molar-refractivity contribution in [2.45, 2.75) is 31.8 Å². The second-order valence-electron chi connectivity index (χ2n) is 4.95. The SMILES string of the molecule is CC#Cc1nn(C2CC(O)C(CO)O2)c2nc(N)nc(N)c12. The van der Waals surface area contributed by atoms with E-state index in [1.165, 1.54) is 4.68 Å². The molecule has 0 amide bonds. The van der Waals surface area contributed by atoms with E-state index in [2.05, 4.69) is 26.9 Å². The average Bonchev–Trinajstić information content (AvgIpc) is 3.00. The molecule has 3 heterocycles. The molecule has 116 valence electrons. The molecule has 6 N–H and O–H groups in total. The normalized spacial score (nSPS) is 24.4. The second-order valence-corrected chi connectivity index (χ2v) is 4.95. The Morgan fingerprint density at radius 3 is 2.82 bits per heavy atom. The number of hydrogen-bond donors (Lipinski definition) is 4. The Labute approximate surface area is 125 Å². The quantitative estimate of drug-likeness (QED) is 0.517. The maximum Gasteiger partial charge on any atom is 0.224 e. The lowest BCUT2D eigenvalue weighted by Crippen LogP contribution is -2.24. The van der Waals surface area contributed by atoms with Gasteiger partial charge in [-0.25, -0.2) is 4.68 Å². The first kappa shape index (κ1) is 14.5. The van der Waals surface area contributed by atoms with Crippen LogP contribution in [0.1, 0.15) is 25.3 Å². The molecule has 1 saturated heterocycles. The highest BCUT2D eigenvalue weighted by atomic mass is 16.5. The Kier molecular flexibility index (Phi) is 3.58. The predicted octanol–water partition coefficient (Wildman–Crippen LogP) is -0.997. The van der Waals surface area contributed by atoms with Gasteiger partial charge in [0.05, 0.1) is 18.1 Å². The van der Waals surface area contributed by atoms with Gasteiger partial charge >= 0.3 is 0 Å². The summed E-state index contributed by atoms with van der Waals surface area (Å²) >= 11 is 0. The summed E-state index contributed by atoms with van der Waals surface area (Å²) in [6.45, 7) is 1.40. The number of rotatable bonds is 2. The molecular formula is C13H16N6O3. The van der Waals surface area contributed by atoms with Crippen LogP contribution in [0.5, 0.6) is 0 Å². The fourth-order valence-corrected chi connectivity index (χ4v) is 2.52. The zero-order chi connectivity index (χ0) is 15.9. The van der Waals surface area contributed by atoms with Crippen molar-refractivity contribution in [3.05, 3.63) is 5.69 Å². The molecule has 0 spiro atoms. The standard InChI is InChI=1S/C13H16N6O3/c1-2-3-6-10-11(14)16-13(15)17-12(10)19(18-6)9-4-7(21)8(5-20)22-9/h7-9,20-21H,4-5H2,1H3,(H4,14,15,16,17). The van der Waals surface area contributed by atoms with E-state index in [1.54, 1.807) is 6.92 Å². The van der Waals surface area contributed by atoms with Crippen molar-refractivity contribution < 1.29 is 14.9 Å². The molecule has 1 aliphatic rings. The second kappa shape index (κ2) is 5.42. The van der Waals surface area contributed by atoms with Crippen LogP contribution in [-0.2, 0) is 4.74 Å². The molecule has 3 atom stereocenters. The molecule has 22 heavy (non-hydrogen) atoms. The third-order valence-corrected chi connectivity index (χ3v) is 3.50. The number of nitrogen functional groups attached to an aromatic ring is 2. The van der Waals surface area contributed by atoms with Crippen molar-refractivity contribution in [2.24, 2.45) is 0 Å². The number of nitrogens with zero attached hydrogens (tertiary/aromatic N) is 4. The molecular weight excluding hydrogens is 288 g/mol. The third-order valence-electron chi connectivity index (χ3n) is 3.50. The summed E-state index contributed by atoms with van der Waals surface area (Å²) in [7, 11) is 0. The van der Waals surface area contributed by atoms with Crippen LogP contribution >= 0.6 is 0 Å². The molecule has 0 radical (unpaired) electrons. The average molecular weight is 304 g/mol. The third kappa shape index (κ3) is 2.23. The number of aliphatic hydroxyl groups is 2. The van der Waals surface area contributed by atoms with E-state index in [0.717, 1.165) is 0 Å². The summed E-state index contributed by atoms with van der Waals surface area (Å²) in [5.74, 6) is 5.79. The maximum absolute atomic E-state index is 9.88. The maximum atomic E-state index is 9.88. The minimum absolute atomic E-state index is 0.0133. The Balaban J connectivity index is 2.15. The zero-order valence-corrected chi connectivity index (χ0v) is 11.9. The lowest BCUT2D eigenvalue weighted by atomic mass is 10.2. The Bertz CT molecular complexity index is 777. The van der Waals surface area contributed by atoms with Gasteiger partial charge in [-0.05, 0) is 12.8 Å². The van der Waals surface area contributed by atoms with Crippen LogP contribution in [0, 0.1) is 11.8 Å². The van der Waals surface area contributed by atoms with Crippen LogP contribution in [0.15, 0.2) is 0 Å². The Morgan fingerprint density at radius 2 is 2.18 bits per heavy atom. The smallest absolute Gasteiger partial charge is 0.224 e. The summed E-state index contributed by atoms with van der Waals surface area (Å²) in [6, 6.07) is 0. The molecule has 3 unspecified atom stereocenters. The van der Waals surface area contributed by atoms with Crippen LogP contribution in [0.4, 0.5) is 11.8 Å². The number of anilines is 2. The van der Waals surface area contributed by atoms with E-state index in [0.29, 0.717) is 16.7 Å². The summed E-state index contributed by atoms with van der Waals surface area (Å²) in [6.07, 6.45) is -1.77. The van der Waals surface area contributed by atoms with Crippen LogP contribution in [0.3, 0.4) is 0 Å². The van der Waals surface area contributed by atoms with Gasteiger partial charge in [-0.1, -0.05) is 5.92 Å². The minimum Gasteiger partial charge on any atom is -0.394 e. The van der Waals surface area contributed by atoms with Crippen LogP contribution < -0.4 is 11.5 Å². The van der Waals surface area contributed by atoms with E-state index in [9.17, 15) is 10.2 Å². The predicted molar refractivity (Wildman–Crippen MR) is 78.3 cm³/mol. The summed E-state index contributed by atoms with van der Waals surface area (Å²) in [5.41, 5.74) is 12.3. The molecule has 1 aliphatic heterocycles. The highest BCUT2D eigenvalue weighted by Crippen LogP contribution is 2.32. The van der Waals surface area contributed by atoms with Gasteiger partial charge < -0.3 is 26.4 Å². The number of aliphatic hydroxyl groups excluding tert-OH is 2. The van der Waals surface area contributed by atoms with Gasteiger partial charge in [-0.15, -0.1) is 0 Å². The number of aromatic nitrogens is 4. The molecule has 0 bridgehead atoms. The van der Waals surface area contributed by atoms with Crippen LogP contribution in [-0.4, -0.2) is 48.8 Å². The number of ether oxygens (including phenoxy) is 1. The largest absolute Gasteiger partial charge is 0.394 e. The number of nitrogens with two attached hydrogens (primary N) is 2. The number of fused-ring (bicyclic) bond motifs is 1. The number of hydrogen-bond acceptors (Lipinski definition) is 8. The van der Waals surface area contributed by atoms with Gasteiger partial charge in [0.1, 0.15) is 17.6 Å². The van der Waals surface area contributed by atoms with E-state index >= 15 is 0 Å². The van der Waals surface area contributed by atoms with Crippen molar-refractivity contribution in [2.75, 3.05) is 18.1 Å². The Hall–Kier alpha value is -2.41. The summed E-state index contributed by atoms with van der Waals surface area (Å²) in [5, 5.41) is 23.9. The van der Waals surface area contributed by atoms with E-state index in [1.807, 2.05) is 0 Å².